The number of unbranched alkanes of at least 4 members (excludes halogenated alkanes) is 1. The highest BCUT2D eigenvalue weighted by Gasteiger charge is 2.19. The summed E-state index contributed by atoms with van der Waals surface area (Å²) >= 11 is 0. The van der Waals surface area contributed by atoms with Crippen LogP contribution in [0.2, 0.25) is 0 Å². The van der Waals surface area contributed by atoms with Crippen molar-refractivity contribution in [3.8, 4) is 5.69 Å². The van der Waals surface area contributed by atoms with Crippen molar-refractivity contribution in [2.45, 2.75) is 12.8 Å². The molecule has 9 heteroatoms. The van der Waals surface area contributed by atoms with Gasteiger partial charge in [-0.15, -0.1) is 0 Å². The molecule has 158 valence electrons. The average Bonchev–Trinajstić information content (AvgIpc) is 2.71. The Balaban J connectivity index is 2.20. The third-order valence-electron chi connectivity index (χ3n) is 4.55. The summed E-state index contributed by atoms with van der Waals surface area (Å²) in [7, 11) is 3.52. The van der Waals surface area contributed by atoms with Gasteiger partial charge in [0.2, 0.25) is 5.43 Å². The highest BCUT2D eigenvalue weighted by atomic mass is 19.1. The van der Waals surface area contributed by atoms with E-state index >= 15 is 0 Å². The van der Waals surface area contributed by atoms with E-state index in [1.165, 1.54) is 22.9 Å². The first-order valence-electron chi connectivity index (χ1n) is 9.37. The summed E-state index contributed by atoms with van der Waals surface area (Å²) in [5.41, 5.74) is -0.711. The van der Waals surface area contributed by atoms with E-state index in [9.17, 15) is 22.8 Å². The second kappa shape index (κ2) is 8.98. The van der Waals surface area contributed by atoms with Crippen LogP contribution in [0.5, 0.6) is 0 Å². The van der Waals surface area contributed by atoms with Crippen molar-refractivity contribution in [2.75, 3.05) is 32.2 Å². The minimum atomic E-state index is -0.869. The van der Waals surface area contributed by atoms with Crippen molar-refractivity contribution in [1.29, 1.82) is 0 Å². The number of benzene rings is 1. The molecule has 0 aliphatic heterocycles. The predicted octanol–water partition coefficient (Wildman–Crippen LogP) is 3.21. The lowest BCUT2D eigenvalue weighted by Crippen LogP contribution is -2.30. The first kappa shape index (κ1) is 21.4. The van der Waals surface area contributed by atoms with Crippen LogP contribution in [0.4, 0.5) is 19.0 Å². The van der Waals surface area contributed by atoms with Crippen LogP contribution in [0, 0.1) is 11.6 Å². The highest BCUT2D eigenvalue weighted by Crippen LogP contribution is 2.22. The molecule has 0 spiro atoms. The topological polar surface area (TPSA) is 67.2 Å². The van der Waals surface area contributed by atoms with Gasteiger partial charge in [0.25, 0.3) is 5.91 Å². The second-order valence-corrected chi connectivity index (χ2v) is 6.92. The molecule has 0 radical (unpaired) electrons. The molecule has 1 aromatic carbocycles. The lowest BCUT2D eigenvalue weighted by molar-refractivity contribution is 0.0951. The van der Waals surface area contributed by atoms with Crippen LogP contribution in [0.3, 0.4) is 0 Å². The van der Waals surface area contributed by atoms with E-state index in [0.717, 1.165) is 6.07 Å². The van der Waals surface area contributed by atoms with E-state index in [1.807, 2.05) is 0 Å². The quantitative estimate of drug-likeness (QED) is 0.599. The number of amides is 1. The van der Waals surface area contributed by atoms with Gasteiger partial charge in [-0.1, -0.05) is 0 Å². The molecule has 3 rings (SSSR count). The number of rotatable bonds is 7. The van der Waals surface area contributed by atoms with E-state index in [-0.39, 0.29) is 28.8 Å². The van der Waals surface area contributed by atoms with E-state index in [1.54, 1.807) is 25.1 Å². The number of aromatic nitrogens is 2. The van der Waals surface area contributed by atoms with Gasteiger partial charge in [-0.05, 0) is 37.1 Å². The molecule has 0 saturated heterocycles. The summed E-state index contributed by atoms with van der Waals surface area (Å²) in [6.45, 7) is -0.300. The first-order valence-corrected chi connectivity index (χ1v) is 9.37. The molecule has 2 heterocycles. The van der Waals surface area contributed by atoms with Gasteiger partial charge >= 0.3 is 0 Å². The fraction of sp³-hybridized carbons (Fsp3) is 0.286. The second-order valence-electron chi connectivity index (χ2n) is 6.92. The van der Waals surface area contributed by atoms with Crippen molar-refractivity contribution in [2.24, 2.45) is 0 Å². The van der Waals surface area contributed by atoms with Gasteiger partial charge < -0.3 is 10.2 Å². The first-order chi connectivity index (χ1) is 14.3. The van der Waals surface area contributed by atoms with E-state index in [4.69, 9.17) is 0 Å². The van der Waals surface area contributed by atoms with Gasteiger partial charge in [0, 0.05) is 32.9 Å². The number of anilines is 1. The molecule has 0 fully saturated rings. The van der Waals surface area contributed by atoms with Crippen molar-refractivity contribution < 1.29 is 18.0 Å². The Hall–Kier alpha value is -3.36. The fourth-order valence-corrected chi connectivity index (χ4v) is 2.98. The third-order valence-corrected chi connectivity index (χ3v) is 4.55. The zero-order chi connectivity index (χ0) is 21.8. The molecule has 30 heavy (non-hydrogen) atoms. The molecular weight excluding hydrogens is 397 g/mol. The van der Waals surface area contributed by atoms with Crippen molar-refractivity contribution in [1.82, 2.24) is 14.9 Å². The van der Waals surface area contributed by atoms with Crippen LogP contribution in [-0.2, 0) is 0 Å². The van der Waals surface area contributed by atoms with Crippen molar-refractivity contribution in [3.63, 3.8) is 0 Å². The lowest BCUT2D eigenvalue weighted by atomic mass is 10.1. The third kappa shape index (κ3) is 4.29. The van der Waals surface area contributed by atoms with Crippen LogP contribution in [0.1, 0.15) is 23.2 Å². The molecule has 3 aromatic rings. The summed E-state index contributed by atoms with van der Waals surface area (Å²) in [6, 6.07) is 6.12. The molecule has 2 aromatic heterocycles. The number of carbonyl (C=O) groups excluding carboxylic acids is 1. The Bertz CT molecular complexity index is 1150. The number of hydrogen-bond acceptors (Lipinski definition) is 4. The van der Waals surface area contributed by atoms with Gasteiger partial charge in [0.05, 0.1) is 17.7 Å². The zero-order valence-corrected chi connectivity index (χ0v) is 16.6. The molecule has 0 aliphatic carbocycles. The number of halogens is 3. The molecule has 0 aliphatic rings. The van der Waals surface area contributed by atoms with Crippen LogP contribution in [-0.4, -0.2) is 42.8 Å². The normalized spacial score (nSPS) is 11.0. The average molecular weight is 418 g/mol. The highest BCUT2D eigenvalue weighted by molar-refractivity contribution is 5.97. The van der Waals surface area contributed by atoms with Crippen LogP contribution >= 0.6 is 0 Å². The molecular formula is C21H21F3N4O2. The van der Waals surface area contributed by atoms with Gasteiger partial charge in [0.15, 0.2) is 5.65 Å². The number of nitrogens with zero attached hydrogens (tertiary/aromatic N) is 3. The van der Waals surface area contributed by atoms with Gasteiger partial charge in [-0.2, -0.15) is 0 Å². The summed E-state index contributed by atoms with van der Waals surface area (Å²) in [5, 5.41) is 2.68. The molecule has 1 N–H and O–H groups in total. The molecule has 0 atom stereocenters. The molecule has 1 amide bonds. The minimum Gasteiger partial charge on any atom is -0.363 e. The van der Waals surface area contributed by atoms with Crippen LogP contribution in [0.25, 0.3) is 16.7 Å². The Labute approximate surface area is 171 Å². The summed E-state index contributed by atoms with van der Waals surface area (Å²) < 4.78 is 41.4. The molecule has 0 saturated carbocycles. The predicted molar refractivity (Wildman–Crippen MR) is 109 cm³/mol. The monoisotopic (exact) mass is 418 g/mol. The lowest BCUT2D eigenvalue weighted by Gasteiger charge is -2.16. The number of alkyl halides is 1. The number of pyridine rings is 2. The number of fused-ring (bicyclic) bond motifs is 1. The summed E-state index contributed by atoms with van der Waals surface area (Å²) in [4.78, 5) is 31.6. The van der Waals surface area contributed by atoms with E-state index in [2.05, 4.69) is 10.3 Å². The molecule has 6 nitrogen and oxygen atoms in total. The van der Waals surface area contributed by atoms with Crippen molar-refractivity contribution in [3.05, 3.63) is 63.9 Å². The van der Waals surface area contributed by atoms with Crippen LogP contribution < -0.4 is 15.6 Å². The summed E-state index contributed by atoms with van der Waals surface area (Å²) in [6.07, 6.45) is 1.91. The Kier molecular flexibility index (Phi) is 6.39. The fourth-order valence-electron chi connectivity index (χ4n) is 2.98. The number of hydrogen-bond donors (Lipinski definition) is 1. The van der Waals surface area contributed by atoms with Gasteiger partial charge in [-0.25, -0.2) is 13.8 Å². The van der Waals surface area contributed by atoms with Gasteiger partial charge in [0.1, 0.15) is 23.0 Å². The van der Waals surface area contributed by atoms with E-state index in [0.29, 0.717) is 24.7 Å². The standard InChI is InChI=1S/C21H21F3N4O2/c1-27(2)18-8-6-14-19(29)15(21(30)25-10-4-3-9-22)12-28(20(14)26-18)17-7-5-13(23)11-16(17)24/h5-8,11-12H,3-4,9-10H2,1-2H3,(H,25,30). The number of nitrogens with one attached hydrogen (secondary N) is 1. The number of carbonyl (C=O) groups is 1. The SMILES string of the molecule is CN(C)c1ccc2c(=O)c(C(=O)NCCCCF)cn(-c3ccc(F)cc3F)c2n1. The zero-order valence-electron chi connectivity index (χ0n) is 16.6. The smallest absolute Gasteiger partial charge is 0.256 e. The molecule has 0 unspecified atom stereocenters. The minimum absolute atomic E-state index is 0.0590. The van der Waals surface area contributed by atoms with Gasteiger partial charge in [-0.3, -0.25) is 18.5 Å². The maximum atomic E-state index is 14.5. The maximum absolute atomic E-state index is 14.5. The Morgan fingerprint density at radius 2 is 1.93 bits per heavy atom. The summed E-state index contributed by atoms with van der Waals surface area (Å²) in [5.74, 6) is -1.77. The largest absolute Gasteiger partial charge is 0.363 e. The molecule has 0 bridgehead atoms. The Morgan fingerprint density at radius 3 is 2.60 bits per heavy atom. The van der Waals surface area contributed by atoms with Crippen molar-refractivity contribution >= 4 is 22.8 Å². The maximum Gasteiger partial charge on any atom is 0.256 e. The van der Waals surface area contributed by atoms with Crippen LogP contribution in [0.15, 0.2) is 41.3 Å². The Morgan fingerprint density at radius 1 is 1.17 bits per heavy atom. The van der Waals surface area contributed by atoms with E-state index < -0.39 is 29.6 Å².